The van der Waals surface area contributed by atoms with E-state index in [1.807, 2.05) is 47.8 Å². The van der Waals surface area contributed by atoms with E-state index in [1.54, 1.807) is 16.4 Å². The second kappa shape index (κ2) is 8.94. The summed E-state index contributed by atoms with van der Waals surface area (Å²) >= 11 is 6.89. The number of carbonyl (C=O) groups is 2. The first-order valence-corrected chi connectivity index (χ1v) is 10.1. The van der Waals surface area contributed by atoms with Crippen molar-refractivity contribution in [2.24, 2.45) is 5.73 Å². The van der Waals surface area contributed by atoms with Gasteiger partial charge in [-0.25, -0.2) is 0 Å². The summed E-state index contributed by atoms with van der Waals surface area (Å²) in [4.78, 5) is 27.1. The predicted octanol–water partition coefficient (Wildman–Crippen LogP) is 3.13. The lowest BCUT2D eigenvalue weighted by molar-refractivity contribution is -0.135. The van der Waals surface area contributed by atoms with E-state index in [-0.39, 0.29) is 18.9 Å². The highest BCUT2D eigenvalue weighted by molar-refractivity contribution is 7.71. The molecule has 0 saturated heterocycles. The van der Waals surface area contributed by atoms with Gasteiger partial charge in [0.15, 0.2) is 10.6 Å². The molecule has 1 unspecified atom stereocenters. The third kappa shape index (κ3) is 4.55. The SMILES string of the molecule is CC(C(=O)N(CCC(N)=O)Cc1ccccc1)n1c(-c2cccs2)n[nH]c1=S. The average molecular weight is 416 g/mol. The Morgan fingerprint density at radius 3 is 2.68 bits per heavy atom. The van der Waals surface area contributed by atoms with Crippen molar-refractivity contribution in [2.75, 3.05) is 6.54 Å². The summed E-state index contributed by atoms with van der Waals surface area (Å²) in [6, 6.07) is 12.9. The monoisotopic (exact) mass is 415 g/mol. The molecular formula is C19H21N5O2S2. The van der Waals surface area contributed by atoms with Crippen LogP contribution in [0.5, 0.6) is 0 Å². The average Bonchev–Trinajstić information content (AvgIpc) is 3.34. The number of aromatic nitrogens is 3. The number of H-pyrrole nitrogens is 1. The van der Waals surface area contributed by atoms with Gasteiger partial charge in [-0.1, -0.05) is 36.4 Å². The van der Waals surface area contributed by atoms with Crippen molar-refractivity contribution in [3.05, 3.63) is 58.2 Å². The molecule has 3 aromatic rings. The Hall–Kier alpha value is -2.78. The van der Waals surface area contributed by atoms with E-state index in [2.05, 4.69) is 10.2 Å². The van der Waals surface area contributed by atoms with Crippen LogP contribution in [-0.2, 0) is 16.1 Å². The Morgan fingerprint density at radius 2 is 2.04 bits per heavy atom. The smallest absolute Gasteiger partial charge is 0.245 e. The van der Waals surface area contributed by atoms with Crippen molar-refractivity contribution < 1.29 is 9.59 Å². The molecular weight excluding hydrogens is 394 g/mol. The van der Waals surface area contributed by atoms with E-state index in [0.29, 0.717) is 17.1 Å². The van der Waals surface area contributed by atoms with Crippen molar-refractivity contribution in [1.82, 2.24) is 19.7 Å². The van der Waals surface area contributed by atoms with Gasteiger partial charge in [-0.15, -0.1) is 11.3 Å². The molecule has 2 amide bonds. The molecule has 1 aromatic carbocycles. The normalized spacial score (nSPS) is 11.9. The van der Waals surface area contributed by atoms with E-state index in [0.717, 1.165) is 10.4 Å². The molecule has 146 valence electrons. The number of nitrogens with zero attached hydrogens (tertiary/aromatic N) is 3. The molecule has 0 bridgehead atoms. The Bertz CT molecular complexity index is 995. The number of carbonyl (C=O) groups excluding carboxylic acids is 2. The number of benzene rings is 1. The molecule has 1 atom stereocenters. The molecule has 0 fully saturated rings. The van der Waals surface area contributed by atoms with Gasteiger partial charge in [-0.3, -0.25) is 19.3 Å². The molecule has 2 heterocycles. The number of amides is 2. The summed E-state index contributed by atoms with van der Waals surface area (Å²) in [6.45, 7) is 2.41. The summed E-state index contributed by atoms with van der Waals surface area (Å²) < 4.78 is 2.09. The van der Waals surface area contributed by atoms with Gasteiger partial charge in [0.25, 0.3) is 0 Å². The van der Waals surface area contributed by atoms with Gasteiger partial charge in [0.2, 0.25) is 11.8 Å². The summed E-state index contributed by atoms with van der Waals surface area (Å²) in [7, 11) is 0. The van der Waals surface area contributed by atoms with Crippen molar-refractivity contribution in [3.8, 4) is 10.7 Å². The first-order chi connectivity index (χ1) is 13.5. The summed E-state index contributed by atoms with van der Waals surface area (Å²) in [5.41, 5.74) is 6.28. The molecule has 7 nitrogen and oxygen atoms in total. The Labute approximate surface area is 171 Å². The zero-order valence-corrected chi connectivity index (χ0v) is 17.0. The van der Waals surface area contributed by atoms with Crippen molar-refractivity contribution in [1.29, 1.82) is 0 Å². The maximum absolute atomic E-state index is 13.3. The second-order valence-corrected chi connectivity index (χ2v) is 7.67. The highest BCUT2D eigenvalue weighted by Crippen LogP contribution is 2.26. The van der Waals surface area contributed by atoms with Gasteiger partial charge in [-0.2, -0.15) is 5.10 Å². The fraction of sp³-hybridized carbons (Fsp3) is 0.263. The third-order valence-corrected chi connectivity index (χ3v) is 5.50. The third-order valence-electron chi connectivity index (χ3n) is 4.35. The standard InChI is InChI=1S/C19H21N5O2S2/c1-13(24-17(21-22-19(24)27)15-8-5-11-28-15)18(26)23(10-9-16(20)25)12-14-6-3-2-4-7-14/h2-8,11,13H,9-10,12H2,1H3,(H2,20,25)(H,22,27). The number of rotatable bonds is 8. The van der Waals surface area contributed by atoms with Gasteiger partial charge in [0, 0.05) is 19.5 Å². The summed E-state index contributed by atoms with van der Waals surface area (Å²) in [5.74, 6) is 0.0218. The van der Waals surface area contributed by atoms with Crippen LogP contribution in [0, 0.1) is 4.77 Å². The molecule has 3 rings (SSSR count). The highest BCUT2D eigenvalue weighted by Gasteiger charge is 2.26. The van der Waals surface area contributed by atoms with Crippen molar-refractivity contribution in [3.63, 3.8) is 0 Å². The topological polar surface area (TPSA) is 97.0 Å². The van der Waals surface area contributed by atoms with Crippen LogP contribution in [0.4, 0.5) is 0 Å². The highest BCUT2D eigenvalue weighted by atomic mass is 32.1. The number of nitrogens with one attached hydrogen (secondary N) is 1. The van der Waals surface area contributed by atoms with Gasteiger partial charge >= 0.3 is 0 Å². The number of aromatic amines is 1. The minimum Gasteiger partial charge on any atom is -0.370 e. The fourth-order valence-corrected chi connectivity index (χ4v) is 3.93. The van der Waals surface area contributed by atoms with Gasteiger partial charge in [0.1, 0.15) is 6.04 Å². The predicted molar refractivity (Wildman–Crippen MR) is 111 cm³/mol. The number of nitrogens with two attached hydrogens (primary N) is 1. The molecule has 0 aliphatic carbocycles. The molecule has 0 aliphatic rings. The summed E-state index contributed by atoms with van der Waals surface area (Å²) in [5, 5.41) is 9.01. The van der Waals surface area contributed by atoms with Crippen molar-refractivity contribution >= 4 is 35.4 Å². The minimum absolute atomic E-state index is 0.0971. The van der Waals surface area contributed by atoms with Crippen LogP contribution in [0.2, 0.25) is 0 Å². The van der Waals surface area contributed by atoms with E-state index in [1.165, 1.54) is 11.3 Å². The molecule has 0 radical (unpaired) electrons. The van der Waals surface area contributed by atoms with Gasteiger partial charge in [-0.05, 0) is 36.2 Å². The lowest BCUT2D eigenvalue weighted by atomic mass is 10.1. The second-order valence-electron chi connectivity index (χ2n) is 6.34. The first-order valence-electron chi connectivity index (χ1n) is 8.79. The zero-order valence-electron chi connectivity index (χ0n) is 15.4. The maximum Gasteiger partial charge on any atom is 0.245 e. The van der Waals surface area contributed by atoms with Crippen molar-refractivity contribution in [2.45, 2.75) is 25.9 Å². The van der Waals surface area contributed by atoms with Crippen LogP contribution in [0.3, 0.4) is 0 Å². The molecule has 2 aromatic heterocycles. The lowest BCUT2D eigenvalue weighted by Gasteiger charge is -2.26. The van der Waals surface area contributed by atoms with E-state index in [4.69, 9.17) is 18.0 Å². The quantitative estimate of drug-likeness (QED) is 0.552. The summed E-state index contributed by atoms with van der Waals surface area (Å²) in [6.07, 6.45) is 0.0971. The lowest BCUT2D eigenvalue weighted by Crippen LogP contribution is -2.38. The fourth-order valence-electron chi connectivity index (χ4n) is 2.93. The number of hydrogen-bond acceptors (Lipinski definition) is 5. The van der Waals surface area contributed by atoms with Crippen LogP contribution < -0.4 is 5.73 Å². The molecule has 0 aliphatic heterocycles. The molecule has 28 heavy (non-hydrogen) atoms. The Morgan fingerprint density at radius 1 is 1.29 bits per heavy atom. The van der Waals surface area contributed by atoms with Gasteiger partial charge < -0.3 is 10.6 Å². The molecule has 0 saturated carbocycles. The first kappa shape index (κ1) is 20.0. The largest absolute Gasteiger partial charge is 0.370 e. The van der Waals surface area contributed by atoms with Crippen LogP contribution in [0.25, 0.3) is 10.7 Å². The van der Waals surface area contributed by atoms with Gasteiger partial charge in [0.05, 0.1) is 4.88 Å². The molecule has 9 heteroatoms. The minimum atomic E-state index is -0.583. The van der Waals surface area contributed by atoms with Crippen LogP contribution in [0.1, 0.15) is 24.9 Å². The Kier molecular flexibility index (Phi) is 6.37. The van der Waals surface area contributed by atoms with E-state index < -0.39 is 11.9 Å². The Balaban J connectivity index is 1.89. The number of thiophene rings is 1. The van der Waals surface area contributed by atoms with E-state index in [9.17, 15) is 9.59 Å². The number of hydrogen-bond donors (Lipinski definition) is 2. The molecule has 3 N–H and O–H groups in total. The van der Waals surface area contributed by atoms with Crippen LogP contribution in [0.15, 0.2) is 47.8 Å². The zero-order chi connectivity index (χ0) is 20.1. The maximum atomic E-state index is 13.3. The van der Waals surface area contributed by atoms with Crippen LogP contribution >= 0.6 is 23.6 Å². The number of primary amides is 1. The molecule has 0 spiro atoms. The van der Waals surface area contributed by atoms with Crippen LogP contribution in [-0.4, -0.2) is 38.0 Å². The van der Waals surface area contributed by atoms with E-state index >= 15 is 0 Å².